The summed E-state index contributed by atoms with van der Waals surface area (Å²) in [5.41, 5.74) is -0.245. The number of hydrogen-bond acceptors (Lipinski definition) is 2. The maximum absolute atomic E-state index is 13.4. The molecule has 1 aliphatic carbocycles. The van der Waals surface area contributed by atoms with Crippen LogP contribution >= 0.6 is 15.9 Å². The van der Waals surface area contributed by atoms with Crippen molar-refractivity contribution >= 4 is 21.8 Å². The Morgan fingerprint density at radius 2 is 2.19 bits per heavy atom. The highest BCUT2D eigenvalue weighted by atomic mass is 79.9. The molecule has 1 saturated carbocycles. The van der Waals surface area contributed by atoms with Crippen LogP contribution in [0.4, 0.5) is 4.39 Å². The van der Waals surface area contributed by atoms with Crippen molar-refractivity contribution in [1.29, 1.82) is 0 Å². The molecule has 114 valence electrons. The minimum atomic E-state index is -0.603. The van der Waals surface area contributed by atoms with Gasteiger partial charge in [-0.15, -0.1) is 0 Å². The highest BCUT2D eigenvalue weighted by Crippen LogP contribution is 2.40. The molecule has 0 radical (unpaired) electrons. The van der Waals surface area contributed by atoms with Gasteiger partial charge in [0.05, 0.1) is 11.2 Å². The second-order valence-electron chi connectivity index (χ2n) is 6.17. The predicted molar refractivity (Wildman–Crippen MR) is 81.5 cm³/mol. The Bertz CT molecular complexity index is 565. The third kappa shape index (κ3) is 2.86. The number of nitrogens with zero attached hydrogens (tertiary/aromatic N) is 1. The monoisotopic (exact) mass is 355 g/mol. The van der Waals surface area contributed by atoms with E-state index in [0.29, 0.717) is 29.5 Å². The van der Waals surface area contributed by atoms with Gasteiger partial charge in [0.1, 0.15) is 5.82 Å². The van der Waals surface area contributed by atoms with Gasteiger partial charge in [0, 0.05) is 23.5 Å². The Morgan fingerprint density at radius 1 is 1.38 bits per heavy atom. The number of carbonyl (C=O) groups is 1. The van der Waals surface area contributed by atoms with Crippen molar-refractivity contribution in [2.24, 2.45) is 5.92 Å². The highest BCUT2D eigenvalue weighted by Gasteiger charge is 2.43. The lowest BCUT2D eigenvalue weighted by Crippen LogP contribution is -2.54. The lowest BCUT2D eigenvalue weighted by atomic mass is 9.71. The van der Waals surface area contributed by atoms with Crippen LogP contribution in [0.15, 0.2) is 22.7 Å². The van der Waals surface area contributed by atoms with Crippen LogP contribution in [0.5, 0.6) is 0 Å². The summed E-state index contributed by atoms with van der Waals surface area (Å²) in [5.74, 6) is -0.419. The average Bonchev–Trinajstić information content (AvgIpc) is 2.48. The Morgan fingerprint density at radius 3 is 3.00 bits per heavy atom. The van der Waals surface area contributed by atoms with E-state index in [0.717, 1.165) is 25.7 Å². The van der Waals surface area contributed by atoms with Gasteiger partial charge in [-0.1, -0.05) is 12.8 Å². The van der Waals surface area contributed by atoms with E-state index in [1.165, 1.54) is 12.1 Å². The molecular weight excluding hydrogens is 337 g/mol. The minimum absolute atomic E-state index is 0.149. The number of carbonyl (C=O) groups excluding carboxylic acids is 1. The molecule has 5 heteroatoms. The fourth-order valence-electron chi connectivity index (χ4n) is 3.59. The van der Waals surface area contributed by atoms with E-state index in [-0.39, 0.29) is 11.8 Å². The normalized spacial score (nSPS) is 29.1. The lowest BCUT2D eigenvalue weighted by Gasteiger charge is -2.47. The fraction of sp³-hybridized carbons (Fsp3) is 0.562. The molecule has 1 saturated heterocycles. The molecule has 1 aromatic carbocycles. The summed E-state index contributed by atoms with van der Waals surface area (Å²) in [5, 5.41) is 10.7. The zero-order valence-electron chi connectivity index (χ0n) is 11.8. The van der Waals surface area contributed by atoms with Gasteiger partial charge in [0.25, 0.3) is 5.91 Å². The smallest absolute Gasteiger partial charge is 0.255 e. The molecule has 1 aromatic rings. The van der Waals surface area contributed by atoms with Crippen LogP contribution in [0.3, 0.4) is 0 Å². The van der Waals surface area contributed by atoms with Gasteiger partial charge in [-0.25, -0.2) is 4.39 Å². The van der Waals surface area contributed by atoms with E-state index in [9.17, 15) is 14.3 Å². The van der Waals surface area contributed by atoms with Crippen LogP contribution in [0, 0.1) is 11.7 Å². The standard InChI is InChI=1S/C16H19BrFNO2/c17-14-5-4-12(18)9-13(14)15(20)19-8-7-16(21)6-2-1-3-11(16)10-19/h4-5,9,11,21H,1-3,6-8,10H2. The molecule has 0 spiro atoms. The summed E-state index contributed by atoms with van der Waals surface area (Å²) >= 11 is 3.31. The van der Waals surface area contributed by atoms with Crippen molar-refractivity contribution < 1.29 is 14.3 Å². The Balaban J connectivity index is 1.79. The van der Waals surface area contributed by atoms with Crippen LogP contribution in [-0.2, 0) is 0 Å². The first kappa shape index (κ1) is 15.0. The summed E-state index contributed by atoms with van der Waals surface area (Å²) in [6.07, 6.45) is 4.60. The van der Waals surface area contributed by atoms with Crippen molar-refractivity contribution in [1.82, 2.24) is 4.90 Å². The Kier molecular flexibility index (Phi) is 4.06. The Labute approximate surface area is 132 Å². The van der Waals surface area contributed by atoms with Gasteiger partial charge in [-0.3, -0.25) is 4.79 Å². The SMILES string of the molecule is O=C(c1cc(F)ccc1Br)N1CCC2(O)CCCCC2C1. The molecule has 1 N–H and O–H groups in total. The molecule has 1 heterocycles. The van der Waals surface area contributed by atoms with Crippen LogP contribution < -0.4 is 0 Å². The first-order chi connectivity index (χ1) is 9.99. The maximum atomic E-state index is 13.4. The van der Waals surface area contributed by atoms with E-state index >= 15 is 0 Å². The van der Waals surface area contributed by atoms with Gasteiger partial charge in [0.15, 0.2) is 0 Å². The summed E-state index contributed by atoms with van der Waals surface area (Å²) in [7, 11) is 0. The quantitative estimate of drug-likeness (QED) is 0.838. The molecular formula is C16H19BrFNO2. The number of hydrogen-bond donors (Lipinski definition) is 1. The van der Waals surface area contributed by atoms with Crippen LogP contribution in [0.1, 0.15) is 42.5 Å². The summed E-state index contributed by atoms with van der Waals surface area (Å²) in [6.45, 7) is 1.10. The number of piperidine rings is 1. The molecule has 3 nitrogen and oxygen atoms in total. The van der Waals surface area contributed by atoms with Gasteiger partial charge in [-0.2, -0.15) is 0 Å². The van der Waals surface area contributed by atoms with Gasteiger partial charge >= 0.3 is 0 Å². The molecule has 1 aliphatic heterocycles. The number of fused-ring (bicyclic) bond motifs is 1. The summed E-state index contributed by atoms with van der Waals surface area (Å²) in [6, 6.07) is 4.16. The molecule has 2 atom stereocenters. The Hall–Kier alpha value is -0.940. The topological polar surface area (TPSA) is 40.5 Å². The van der Waals surface area contributed by atoms with E-state index in [1.54, 1.807) is 11.0 Å². The van der Waals surface area contributed by atoms with E-state index in [4.69, 9.17) is 0 Å². The zero-order chi connectivity index (χ0) is 15.0. The molecule has 21 heavy (non-hydrogen) atoms. The van der Waals surface area contributed by atoms with Crippen molar-refractivity contribution in [3.05, 3.63) is 34.1 Å². The largest absolute Gasteiger partial charge is 0.389 e. The lowest BCUT2D eigenvalue weighted by molar-refractivity contribution is -0.0886. The molecule has 2 aliphatic rings. The molecule has 3 rings (SSSR count). The van der Waals surface area contributed by atoms with E-state index in [1.807, 2.05) is 0 Å². The third-order valence-electron chi connectivity index (χ3n) is 4.87. The summed E-state index contributed by atoms with van der Waals surface area (Å²) < 4.78 is 14.0. The number of rotatable bonds is 1. The average molecular weight is 356 g/mol. The number of halogens is 2. The molecule has 0 aromatic heterocycles. The first-order valence-electron chi connectivity index (χ1n) is 7.46. The van der Waals surface area contributed by atoms with Crippen molar-refractivity contribution in [2.75, 3.05) is 13.1 Å². The molecule has 2 unspecified atom stereocenters. The number of amides is 1. The van der Waals surface area contributed by atoms with Crippen molar-refractivity contribution in [3.8, 4) is 0 Å². The zero-order valence-corrected chi connectivity index (χ0v) is 13.4. The van der Waals surface area contributed by atoms with Crippen LogP contribution in [-0.4, -0.2) is 34.6 Å². The number of likely N-dealkylation sites (tertiary alicyclic amines) is 1. The molecule has 1 amide bonds. The van der Waals surface area contributed by atoms with Crippen LogP contribution in [0.2, 0.25) is 0 Å². The predicted octanol–water partition coefficient (Wildman–Crippen LogP) is 3.36. The molecule has 2 fully saturated rings. The van der Waals surface area contributed by atoms with Crippen molar-refractivity contribution in [2.45, 2.75) is 37.7 Å². The number of aliphatic hydroxyl groups is 1. The highest BCUT2D eigenvalue weighted by molar-refractivity contribution is 9.10. The van der Waals surface area contributed by atoms with Gasteiger partial charge < -0.3 is 10.0 Å². The third-order valence-corrected chi connectivity index (χ3v) is 5.57. The van der Waals surface area contributed by atoms with Gasteiger partial charge in [-0.05, 0) is 53.4 Å². The maximum Gasteiger partial charge on any atom is 0.255 e. The second kappa shape index (κ2) is 5.69. The van der Waals surface area contributed by atoms with Crippen LogP contribution in [0.25, 0.3) is 0 Å². The fourth-order valence-corrected chi connectivity index (χ4v) is 4.00. The molecule has 0 bridgehead atoms. The van der Waals surface area contributed by atoms with Gasteiger partial charge in [0.2, 0.25) is 0 Å². The van der Waals surface area contributed by atoms with E-state index in [2.05, 4.69) is 15.9 Å². The van der Waals surface area contributed by atoms with Crippen molar-refractivity contribution in [3.63, 3.8) is 0 Å². The second-order valence-corrected chi connectivity index (χ2v) is 7.03. The minimum Gasteiger partial charge on any atom is -0.389 e. The summed E-state index contributed by atoms with van der Waals surface area (Å²) in [4.78, 5) is 14.4. The first-order valence-corrected chi connectivity index (χ1v) is 8.26. The van der Waals surface area contributed by atoms with E-state index < -0.39 is 11.4 Å². The number of benzene rings is 1.